The molecule has 1 saturated heterocycles. The molecule has 0 spiro atoms. The monoisotopic (exact) mass is 262 g/mol. The summed E-state index contributed by atoms with van der Waals surface area (Å²) in [6, 6.07) is 0.403. The summed E-state index contributed by atoms with van der Waals surface area (Å²) in [4.78, 5) is 34.8. The van der Waals surface area contributed by atoms with Crippen molar-refractivity contribution >= 4 is 11.8 Å². The van der Waals surface area contributed by atoms with Crippen LogP contribution in [0.3, 0.4) is 0 Å². The zero-order valence-electron chi connectivity index (χ0n) is 11.0. The van der Waals surface area contributed by atoms with Gasteiger partial charge in [-0.3, -0.25) is 9.59 Å². The van der Waals surface area contributed by atoms with Gasteiger partial charge in [0.1, 0.15) is 5.82 Å². The van der Waals surface area contributed by atoms with Crippen LogP contribution in [-0.4, -0.2) is 51.2 Å². The van der Waals surface area contributed by atoms with Crippen LogP contribution in [0.5, 0.6) is 0 Å². The number of aromatic nitrogens is 2. The van der Waals surface area contributed by atoms with Crippen molar-refractivity contribution in [2.75, 3.05) is 13.6 Å². The van der Waals surface area contributed by atoms with Gasteiger partial charge >= 0.3 is 0 Å². The van der Waals surface area contributed by atoms with E-state index < -0.39 is 0 Å². The number of hydrogen-bond donors (Lipinski definition) is 1. The smallest absolute Gasteiger partial charge is 0.228 e. The van der Waals surface area contributed by atoms with Gasteiger partial charge < -0.3 is 14.8 Å². The average Bonchev–Trinajstić information content (AvgIpc) is 2.96. The van der Waals surface area contributed by atoms with Gasteiger partial charge in [0.05, 0.1) is 12.5 Å². The molecule has 2 fully saturated rings. The van der Waals surface area contributed by atoms with Gasteiger partial charge in [-0.2, -0.15) is 0 Å². The Labute approximate surface area is 111 Å². The number of aromatic amines is 1. The number of imidazole rings is 1. The molecule has 6 heteroatoms. The van der Waals surface area contributed by atoms with E-state index in [2.05, 4.69) is 9.97 Å². The van der Waals surface area contributed by atoms with Gasteiger partial charge in [-0.05, 0) is 12.8 Å². The molecule has 2 heterocycles. The highest BCUT2D eigenvalue weighted by molar-refractivity contribution is 5.89. The zero-order chi connectivity index (χ0) is 13.4. The Kier molecular flexibility index (Phi) is 3.00. The normalized spacial score (nSPS) is 22.9. The zero-order valence-corrected chi connectivity index (χ0v) is 11.0. The molecule has 19 heavy (non-hydrogen) atoms. The number of carbonyl (C=O) groups excluding carboxylic acids is 2. The molecule has 1 aromatic rings. The van der Waals surface area contributed by atoms with Crippen molar-refractivity contribution in [2.45, 2.75) is 31.8 Å². The third kappa shape index (κ3) is 2.47. The summed E-state index contributed by atoms with van der Waals surface area (Å²) in [5.41, 5.74) is 0. The molecule has 102 valence electrons. The minimum atomic E-state index is -0.187. The fourth-order valence-corrected chi connectivity index (χ4v) is 2.63. The van der Waals surface area contributed by atoms with E-state index in [9.17, 15) is 9.59 Å². The second kappa shape index (κ2) is 4.68. The van der Waals surface area contributed by atoms with Crippen molar-refractivity contribution in [3.05, 3.63) is 18.2 Å². The molecule has 0 radical (unpaired) electrons. The average molecular weight is 262 g/mol. The van der Waals surface area contributed by atoms with Crippen molar-refractivity contribution in [2.24, 2.45) is 5.92 Å². The van der Waals surface area contributed by atoms with E-state index in [0.717, 1.165) is 18.7 Å². The van der Waals surface area contributed by atoms with Gasteiger partial charge in [0, 0.05) is 38.4 Å². The highest BCUT2D eigenvalue weighted by atomic mass is 16.2. The van der Waals surface area contributed by atoms with Crippen LogP contribution in [0.1, 0.15) is 25.1 Å². The summed E-state index contributed by atoms with van der Waals surface area (Å²) in [5.74, 6) is 0.743. The fourth-order valence-electron chi connectivity index (χ4n) is 2.63. The fraction of sp³-hybridized carbons (Fsp3) is 0.615. The highest BCUT2D eigenvalue weighted by Gasteiger charge is 2.42. The molecule has 2 amide bonds. The molecule has 0 bridgehead atoms. The molecule has 1 aliphatic carbocycles. The number of rotatable bonds is 4. The summed E-state index contributed by atoms with van der Waals surface area (Å²) in [5, 5.41) is 0. The molecule has 1 aromatic heterocycles. The van der Waals surface area contributed by atoms with Crippen LogP contribution in [0.4, 0.5) is 0 Å². The van der Waals surface area contributed by atoms with E-state index in [0.29, 0.717) is 25.6 Å². The third-order valence-electron chi connectivity index (χ3n) is 3.81. The minimum absolute atomic E-state index is 0.0351. The van der Waals surface area contributed by atoms with Crippen LogP contribution < -0.4 is 0 Å². The van der Waals surface area contributed by atoms with Gasteiger partial charge in [0.25, 0.3) is 0 Å². The molecule has 1 N–H and O–H groups in total. The summed E-state index contributed by atoms with van der Waals surface area (Å²) >= 11 is 0. The Hall–Kier alpha value is -1.85. The lowest BCUT2D eigenvalue weighted by molar-refractivity contribution is -0.135. The van der Waals surface area contributed by atoms with Crippen LogP contribution in [-0.2, 0) is 16.1 Å². The molecule has 1 aliphatic heterocycles. The number of amides is 2. The molecule has 6 nitrogen and oxygen atoms in total. The van der Waals surface area contributed by atoms with Gasteiger partial charge in [-0.15, -0.1) is 0 Å². The molecule has 1 atom stereocenters. The molecular weight excluding hydrogens is 244 g/mol. The molecule has 1 saturated carbocycles. The Morgan fingerprint density at radius 3 is 3.00 bits per heavy atom. The van der Waals surface area contributed by atoms with Gasteiger partial charge in [-0.25, -0.2) is 4.98 Å². The van der Waals surface area contributed by atoms with Crippen molar-refractivity contribution < 1.29 is 9.59 Å². The van der Waals surface area contributed by atoms with E-state index >= 15 is 0 Å². The molecule has 0 aromatic carbocycles. The maximum Gasteiger partial charge on any atom is 0.228 e. The van der Waals surface area contributed by atoms with E-state index in [1.165, 1.54) is 0 Å². The molecule has 2 aliphatic rings. The lowest BCUT2D eigenvalue weighted by Crippen LogP contribution is -2.35. The first-order chi connectivity index (χ1) is 9.15. The van der Waals surface area contributed by atoms with Gasteiger partial charge in [0.15, 0.2) is 0 Å². The van der Waals surface area contributed by atoms with E-state index in [-0.39, 0.29) is 17.7 Å². The molecule has 1 unspecified atom stereocenters. The second-order valence-electron chi connectivity index (χ2n) is 5.41. The van der Waals surface area contributed by atoms with Crippen LogP contribution in [0.25, 0.3) is 0 Å². The predicted octanol–water partition coefficient (Wildman–Crippen LogP) is 0.379. The topological polar surface area (TPSA) is 69.3 Å². The number of hydrogen-bond acceptors (Lipinski definition) is 3. The maximum atomic E-state index is 12.3. The van der Waals surface area contributed by atoms with E-state index in [1.807, 2.05) is 4.90 Å². The number of H-pyrrole nitrogens is 1. The summed E-state index contributed by atoms with van der Waals surface area (Å²) in [7, 11) is 1.76. The minimum Gasteiger partial charge on any atom is -0.347 e. The SMILES string of the molecule is CN(Cc1ncc[nH]1)C(=O)C1CC(=O)N(C2CC2)C1. The first-order valence-electron chi connectivity index (χ1n) is 6.68. The Balaban J connectivity index is 1.59. The lowest BCUT2D eigenvalue weighted by Gasteiger charge is -2.20. The van der Waals surface area contributed by atoms with Crippen molar-refractivity contribution in [3.8, 4) is 0 Å². The quantitative estimate of drug-likeness (QED) is 0.852. The Morgan fingerprint density at radius 1 is 1.58 bits per heavy atom. The Bertz CT molecular complexity index is 481. The number of likely N-dealkylation sites (tertiary alicyclic amines) is 1. The standard InChI is InChI=1S/C13H18N4O2/c1-16(8-11-14-4-5-15-11)13(19)9-6-12(18)17(7-9)10-2-3-10/h4-5,9-10H,2-3,6-8H2,1H3,(H,14,15). The Morgan fingerprint density at radius 2 is 2.37 bits per heavy atom. The second-order valence-corrected chi connectivity index (χ2v) is 5.41. The summed E-state index contributed by atoms with van der Waals surface area (Å²) < 4.78 is 0. The van der Waals surface area contributed by atoms with Crippen LogP contribution in [0.15, 0.2) is 12.4 Å². The largest absolute Gasteiger partial charge is 0.347 e. The van der Waals surface area contributed by atoms with Crippen LogP contribution in [0, 0.1) is 5.92 Å². The molecule has 3 rings (SSSR count). The highest BCUT2D eigenvalue weighted by Crippen LogP contribution is 2.33. The van der Waals surface area contributed by atoms with E-state index in [1.54, 1.807) is 24.3 Å². The third-order valence-corrected chi connectivity index (χ3v) is 3.81. The number of carbonyl (C=O) groups is 2. The number of nitrogens with zero attached hydrogens (tertiary/aromatic N) is 3. The van der Waals surface area contributed by atoms with Crippen LogP contribution >= 0.6 is 0 Å². The van der Waals surface area contributed by atoms with Crippen LogP contribution in [0.2, 0.25) is 0 Å². The molecular formula is C13H18N4O2. The summed E-state index contributed by atoms with van der Waals surface area (Å²) in [6.07, 6.45) is 5.95. The van der Waals surface area contributed by atoms with Gasteiger partial charge in [-0.1, -0.05) is 0 Å². The number of nitrogens with one attached hydrogen (secondary N) is 1. The summed E-state index contributed by atoms with van der Waals surface area (Å²) in [6.45, 7) is 1.05. The first-order valence-corrected chi connectivity index (χ1v) is 6.68. The van der Waals surface area contributed by atoms with Crippen molar-refractivity contribution in [1.29, 1.82) is 0 Å². The lowest BCUT2D eigenvalue weighted by atomic mass is 10.1. The van der Waals surface area contributed by atoms with Crippen molar-refractivity contribution in [3.63, 3.8) is 0 Å². The van der Waals surface area contributed by atoms with E-state index in [4.69, 9.17) is 0 Å². The first kappa shape index (κ1) is 12.2. The van der Waals surface area contributed by atoms with Gasteiger partial charge in [0.2, 0.25) is 11.8 Å². The van der Waals surface area contributed by atoms with Crippen molar-refractivity contribution in [1.82, 2.24) is 19.8 Å². The maximum absolute atomic E-state index is 12.3. The predicted molar refractivity (Wildman–Crippen MR) is 67.9 cm³/mol.